The van der Waals surface area contributed by atoms with Crippen molar-refractivity contribution in [3.63, 3.8) is 0 Å². The summed E-state index contributed by atoms with van der Waals surface area (Å²) in [5.41, 5.74) is 10.7. The monoisotopic (exact) mass is 238 g/mol. The minimum atomic E-state index is -1.02. The Balaban J connectivity index is 3.47. The average molecular weight is 238 g/mol. The van der Waals surface area contributed by atoms with Crippen molar-refractivity contribution in [2.24, 2.45) is 11.5 Å². The fourth-order valence-corrected chi connectivity index (χ4v) is 2.69. The van der Waals surface area contributed by atoms with Gasteiger partial charge in [-0.15, -0.1) is 0 Å². The van der Waals surface area contributed by atoms with Gasteiger partial charge in [-0.3, -0.25) is 4.79 Å². The van der Waals surface area contributed by atoms with Crippen molar-refractivity contribution in [3.05, 3.63) is 12.3 Å². The number of rotatable bonds is 7. The second-order valence-corrected chi connectivity index (χ2v) is 5.16. The second-order valence-electron chi connectivity index (χ2n) is 2.61. The van der Waals surface area contributed by atoms with Crippen LogP contribution in [0.15, 0.2) is 12.3 Å². The van der Waals surface area contributed by atoms with E-state index in [1.807, 2.05) is 0 Å². The first-order chi connectivity index (χ1) is 6.45. The van der Waals surface area contributed by atoms with E-state index in [9.17, 15) is 4.79 Å². The lowest BCUT2D eigenvalue weighted by Gasteiger charge is -2.09. The molecule has 0 aromatic rings. The molecule has 0 radical (unpaired) electrons. The van der Waals surface area contributed by atoms with Crippen molar-refractivity contribution >= 4 is 27.6 Å². The van der Waals surface area contributed by atoms with E-state index in [1.165, 1.54) is 21.6 Å². The summed E-state index contributed by atoms with van der Waals surface area (Å²) in [5.74, 6) is -0.300. The van der Waals surface area contributed by atoms with Crippen LogP contribution in [0.2, 0.25) is 0 Å². The quantitative estimate of drug-likeness (QED) is 0.284. The zero-order chi connectivity index (χ0) is 11.1. The molecule has 82 valence electrons. The van der Waals surface area contributed by atoms with Crippen LogP contribution in [0.3, 0.4) is 0 Å². The number of aliphatic hydroxyl groups excluding tert-OH is 1. The number of nitrogens with two attached hydrogens (primary N) is 2. The van der Waals surface area contributed by atoms with Crippen LogP contribution >= 0.6 is 21.6 Å². The topological polar surface area (TPSA) is 110 Å². The zero-order valence-electron chi connectivity index (χ0n) is 7.55. The highest BCUT2D eigenvalue weighted by Gasteiger charge is 2.12. The van der Waals surface area contributed by atoms with Crippen LogP contribution in [-0.4, -0.2) is 39.8 Å². The number of aliphatic hydroxyl groups is 1. The van der Waals surface area contributed by atoms with Crippen molar-refractivity contribution in [1.29, 1.82) is 0 Å². The lowest BCUT2D eigenvalue weighted by molar-refractivity contribution is -0.137. The first-order valence-corrected chi connectivity index (χ1v) is 6.30. The van der Waals surface area contributed by atoms with Gasteiger partial charge in [0, 0.05) is 11.5 Å². The predicted molar refractivity (Wildman–Crippen MR) is 60.3 cm³/mol. The molecule has 0 bridgehead atoms. The van der Waals surface area contributed by atoms with E-state index < -0.39 is 18.1 Å². The molecule has 0 rings (SSSR count). The van der Waals surface area contributed by atoms with Gasteiger partial charge in [-0.2, -0.15) is 0 Å². The van der Waals surface area contributed by atoms with Crippen molar-refractivity contribution in [3.8, 4) is 0 Å². The molecular weight excluding hydrogens is 224 g/mol. The van der Waals surface area contributed by atoms with Gasteiger partial charge in [0.2, 0.25) is 0 Å². The molecule has 0 aromatic heterocycles. The van der Waals surface area contributed by atoms with E-state index in [0.717, 1.165) is 0 Å². The Morgan fingerprint density at radius 2 is 1.64 bits per heavy atom. The van der Waals surface area contributed by atoms with Gasteiger partial charge in [-0.05, 0) is 0 Å². The van der Waals surface area contributed by atoms with Gasteiger partial charge >= 0.3 is 5.97 Å². The molecule has 0 heterocycles. The smallest absolute Gasteiger partial charge is 0.321 e. The molecule has 6 N–H and O–H groups in total. The molecule has 0 saturated carbocycles. The third-order valence-corrected chi connectivity index (χ3v) is 3.80. The van der Waals surface area contributed by atoms with Crippen LogP contribution in [-0.2, 0) is 4.79 Å². The lowest BCUT2D eigenvalue weighted by Crippen LogP contribution is -2.32. The van der Waals surface area contributed by atoms with E-state index in [1.54, 1.807) is 0 Å². The van der Waals surface area contributed by atoms with E-state index in [2.05, 4.69) is 6.58 Å². The molecule has 5 nitrogen and oxygen atoms in total. The van der Waals surface area contributed by atoms with E-state index in [0.29, 0.717) is 11.5 Å². The maximum absolute atomic E-state index is 10.3. The summed E-state index contributed by atoms with van der Waals surface area (Å²) in [4.78, 5) is 10.3. The third-order valence-electron chi connectivity index (χ3n) is 1.32. The number of carboxylic acid groups (broad SMARTS) is 1. The molecule has 2 atom stereocenters. The Morgan fingerprint density at radius 1 is 1.21 bits per heavy atom. The lowest BCUT2D eigenvalue weighted by atomic mass is 10.3. The fourth-order valence-electron chi connectivity index (χ4n) is 0.410. The minimum absolute atomic E-state index is 0.0689. The molecule has 0 aromatic carbocycles. The summed E-state index contributed by atoms with van der Waals surface area (Å²) < 4.78 is 0. The van der Waals surface area contributed by atoms with E-state index in [4.69, 9.17) is 21.7 Å². The van der Waals surface area contributed by atoms with Gasteiger partial charge in [0.05, 0.1) is 6.04 Å². The van der Waals surface area contributed by atoms with Crippen LogP contribution in [0.25, 0.3) is 0 Å². The van der Waals surface area contributed by atoms with E-state index in [-0.39, 0.29) is 5.76 Å². The molecule has 0 unspecified atom stereocenters. The van der Waals surface area contributed by atoms with Crippen molar-refractivity contribution in [1.82, 2.24) is 0 Å². The SMILES string of the molecule is C=C(O)[C@@H](N)CSSC[C@H](N)C(=O)O. The van der Waals surface area contributed by atoms with Crippen LogP contribution in [0.4, 0.5) is 0 Å². The summed E-state index contributed by atoms with van der Waals surface area (Å²) in [6.07, 6.45) is 0. The van der Waals surface area contributed by atoms with Gasteiger partial charge in [0.1, 0.15) is 11.8 Å². The van der Waals surface area contributed by atoms with Crippen molar-refractivity contribution in [2.45, 2.75) is 12.1 Å². The summed E-state index contributed by atoms with van der Waals surface area (Å²) in [6, 6.07) is -1.34. The average Bonchev–Trinajstić information content (AvgIpc) is 2.11. The molecule has 7 heteroatoms. The van der Waals surface area contributed by atoms with Gasteiger partial charge in [-0.1, -0.05) is 28.2 Å². The molecule has 0 amide bonds. The maximum Gasteiger partial charge on any atom is 0.321 e. The largest absolute Gasteiger partial charge is 0.511 e. The summed E-state index contributed by atoms with van der Waals surface area (Å²) >= 11 is 0. The van der Waals surface area contributed by atoms with Gasteiger partial charge in [0.25, 0.3) is 0 Å². The standard InChI is InChI=1S/C7H14N2O3S2/c1-4(10)5(8)2-13-14-3-6(9)7(11)12/h5-6,10H,1-3,8-9H2,(H,11,12)/t5-,6-/m0/s1. The molecule has 0 aliphatic heterocycles. The third kappa shape index (κ3) is 6.14. The van der Waals surface area contributed by atoms with Crippen LogP contribution in [0.1, 0.15) is 0 Å². The highest BCUT2D eigenvalue weighted by atomic mass is 33.1. The van der Waals surface area contributed by atoms with Crippen molar-refractivity contribution < 1.29 is 15.0 Å². The Bertz CT molecular complexity index is 191. The summed E-state index contributed by atoms with van der Waals surface area (Å²) in [6.45, 7) is 3.29. The van der Waals surface area contributed by atoms with Crippen LogP contribution in [0.5, 0.6) is 0 Å². The molecular formula is C7H14N2O3S2. The van der Waals surface area contributed by atoms with Gasteiger partial charge in [-0.25, -0.2) is 0 Å². The number of carboxylic acids is 1. The first kappa shape index (κ1) is 13.6. The minimum Gasteiger partial charge on any atom is -0.511 e. The van der Waals surface area contributed by atoms with Crippen LogP contribution < -0.4 is 11.5 Å². The molecule has 0 fully saturated rings. The van der Waals surface area contributed by atoms with Crippen molar-refractivity contribution in [2.75, 3.05) is 11.5 Å². The normalized spacial score (nSPS) is 14.7. The summed E-state index contributed by atoms with van der Waals surface area (Å²) in [5, 5.41) is 17.3. The van der Waals surface area contributed by atoms with E-state index >= 15 is 0 Å². The molecule has 0 spiro atoms. The Kier molecular flexibility index (Phi) is 6.81. The molecule has 0 saturated heterocycles. The Morgan fingerprint density at radius 3 is 2.00 bits per heavy atom. The predicted octanol–water partition coefficient (Wildman–Crippen LogP) is 0.179. The fraction of sp³-hybridized carbons (Fsp3) is 0.571. The Labute approximate surface area is 90.3 Å². The first-order valence-electron chi connectivity index (χ1n) is 3.81. The number of aliphatic carboxylic acids is 1. The van der Waals surface area contributed by atoms with Gasteiger partial charge < -0.3 is 21.7 Å². The van der Waals surface area contributed by atoms with Crippen LogP contribution in [0, 0.1) is 0 Å². The Hall–Kier alpha value is -0.370. The maximum atomic E-state index is 10.3. The summed E-state index contributed by atoms with van der Waals surface area (Å²) in [7, 11) is 2.68. The molecule has 0 aliphatic rings. The second kappa shape index (κ2) is 6.99. The number of carbonyl (C=O) groups is 1. The highest BCUT2D eigenvalue weighted by Crippen LogP contribution is 2.22. The molecule has 0 aliphatic carbocycles. The number of hydrogen-bond acceptors (Lipinski definition) is 6. The van der Waals surface area contributed by atoms with Gasteiger partial charge in [0.15, 0.2) is 0 Å². The number of hydrogen-bond donors (Lipinski definition) is 4. The highest BCUT2D eigenvalue weighted by molar-refractivity contribution is 8.76. The zero-order valence-corrected chi connectivity index (χ0v) is 9.18. The molecule has 14 heavy (non-hydrogen) atoms.